The normalized spacial score (nSPS) is 10.2. The fourth-order valence-electron chi connectivity index (χ4n) is 3.14. The molecule has 4 rings (SSSR count). The van der Waals surface area contributed by atoms with Crippen LogP contribution in [0.5, 0.6) is 0 Å². The number of hydrogen-bond donors (Lipinski definition) is 1. The summed E-state index contributed by atoms with van der Waals surface area (Å²) in [4.78, 5) is 17.1. The van der Waals surface area contributed by atoms with Crippen molar-refractivity contribution in [2.24, 2.45) is 0 Å². The van der Waals surface area contributed by atoms with Crippen LogP contribution in [0.3, 0.4) is 0 Å². The molecule has 0 bridgehead atoms. The fraction of sp³-hybridized carbons (Fsp3) is 0.0800. The van der Waals surface area contributed by atoms with Gasteiger partial charge >= 0.3 is 0 Å². The van der Waals surface area contributed by atoms with Crippen LogP contribution in [0, 0.1) is 11.8 Å². The largest absolute Gasteiger partial charge is 0.322 e. The number of nitrogens with zero attached hydrogens (tertiary/aromatic N) is 3. The number of rotatable bonds is 4. The van der Waals surface area contributed by atoms with E-state index in [1.165, 1.54) is 0 Å². The summed E-state index contributed by atoms with van der Waals surface area (Å²) in [5, 5.41) is 7.39. The van der Waals surface area contributed by atoms with E-state index < -0.39 is 0 Å². The van der Waals surface area contributed by atoms with Gasteiger partial charge in [0.25, 0.3) is 5.91 Å². The molecule has 0 aliphatic heterocycles. The van der Waals surface area contributed by atoms with Gasteiger partial charge in [-0.2, -0.15) is 5.10 Å². The summed E-state index contributed by atoms with van der Waals surface area (Å²) in [7, 11) is 0. The van der Waals surface area contributed by atoms with Gasteiger partial charge < -0.3 is 5.32 Å². The molecule has 4 aromatic rings. The topological polar surface area (TPSA) is 59.8 Å². The van der Waals surface area contributed by atoms with Gasteiger partial charge in [-0.25, -0.2) is 9.67 Å². The number of anilines is 1. The monoisotopic (exact) mass is 392 g/mol. The molecule has 2 aromatic carbocycles. The average Bonchev–Trinajstić information content (AvgIpc) is 3.24. The first-order chi connectivity index (χ1) is 14.7. The van der Waals surface area contributed by atoms with Gasteiger partial charge in [-0.05, 0) is 54.8 Å². The van der Waals surface area contributed by atoms with Crippen molar-refractivity contribution < 1.29 is 4.79 Å². The van der Waals surface area contributed by atoms with Crippen LogP contribution in [-0.2, 0) is 6.42 Å². The molecule has 2 heterocycles. The number of aromatic nitrogens is 3. The maximum atomic E-state index is 12.9. The van der Waals surface area contributed by atoms with Crippen molar-refractivity contribution >= 4 is 11.6 Å². The van der Waals surface area contributed by atoms with Crippen molar-refractivity contribution in [2.75, 3.05) is 5.32 Å². The molecule has 5 nitrogen and oxygen atoms in total. The van der Waals surface area contributed by atoms with E-state index in [-0.39, 0.29) is 5.91 Å². The van der Waals surface area contributed by atoms with Crippen molar-refractivity contribution in [2.45, 2.75) is 13.3 Å². The number of hydrogen-bond acceptors (Lipinski definition) is 3. The zero-order chi connectivity index (χ0) is 20.8. The summed E-state index contributed by atoms with van der Waals surface area (Å²) in [6.07, 6.45) is 4.01. The lowest BCUT2D eigenvalue weighted by Crippen LogP contribution is -2.14. The zero-order valence-corrected chi connectivity index (χ0v) is 16.5. The van der Waals surface area contributed by atoms with E-state index in [4.69, 9.17) is 0 Å². The van der Waals surface area contributed by atoms with E-state index in [0.717, 1.165) is 16.9 Å². The van der Waals surface area contributed by atoms with E-state index in [1.54, 1.807) is 12.4 Å². The summed E-state index contributed by atoms with van der Waals surface area (Å²) in [5.74, 6) is 5.92. The number of benzene rings is 2. The van der Waals surface area contributed by atoms with Crippen molar-refractivity contribution in [3.8, 4) is 17.5 Å². The summed E-state index contributed by atoms with van der Waals surface area (Å²) in [5.41, 5.74) is 4.54. The molecule has 2 aromatic heterocycles. The highest BCUT2D eigenvalue weighted by Crippen LogP contribution is 2.18. The molecular formula is C25H20N4O. The predicted molar refractivity (Wildman–Crippen MR) is 118 cm³/mol. The van der Waals surface area contributed by atoms with Crippen molar-refractivity contribution in [1.29, 1.82) is 0 Å². The summed E-state index contributed by atoms with van der Waals surface area (Å²) >= 11 is 0. The second kappa shape index (κ2) is 8.89. The predicted octanol–water partition coefficient (Wildman–Crippen LogP) is 4.48. The molecular weight excluding hydrogens is 372 g/mol. The quantitative estimate of drug-likeness (QED) is 0.521. The second-order valence-electron chi connectivity index (χ2n) is 6.61. The highest BCUT2D eigenvalue weighted by molar-refractivity contribution is 6.05. The smallest absolute Gasteiger partial charge is 0.259 e. The standard InChI is InChI=1S/C25H20N4O/c1-2-24-23(18-27-29(24)22-12-4-3-5-13-22)25(30)28-21-11-8-9-19(17-21)14-15-20-10-6-7-16-26-20/h3-13,16-18H,2H2,1H3,(H,28,30). The van der Waals surface area contributed by atoms with Gasteiger partial charge in [0.2, 0.25) is 0 Å². The molecule has 5 heteroatoms. The van der Waals surface area contributed by atoms with Gasteiger partial charge in [0.05, 0.1) is 23.1 Å². The van der Waals surface area contributed by atoms with E-state index in [9.17, 15) is 4.79 Å². The van der Waals surface area contributed by atoms with Crippen LogP contribution in [0.4, 0.5) is 5.69 Å². The van der Waals surface area contributed by atoms with Crippen LogP contribution in [-0.4, -0.2) is 20.7 Å². The summed E-state index contributed by atoms with van der Waals surface area (Å²) < 4.78 is 1.81. The van der Waals surface area contributed by atoms with Crippen LogP contribution in [0.15, 0.2) is 85.2 Å². The third-order valence-corrected chi connectivity index (χ3v) is 4.57. The molecule has 0 spiro atoms. The fourth-order valence-corrected chi connectivity index (χ4v) is 3.14. The van der Waals surface area contributed by atoms with Gasteiger partial charge in [-0.1, -0.05) is 43.2 Å². The molecule has 146 valence electrons. The van der Waals surface area contributed by atoms with Crippen LogP contribution >= 0.6 is 0 Å². The van der Waals surface area contributed by atoms with Crippen molar-refractivity contribution in [1.82, 2.24) is 14.8 Å². The average molecular weight is 392 g/mol. The van der Waals surface area contributed by atoms with E-state index in [0.29, 0.717) is 23.4 Å². The third kappa shape index (κ3) is 4.29. The van der Waals surface area contributed by atoms with Crippen molar-refractivity contribution in [3.05, 3.63) is 108 Å². The molecule has 0 saturated carbocycles. The molecule has 0 fully saturated rings. The number of amides is 1. The summed E-state index contributed by atoms with van der Waals surface area (Å²) in [6.45, 7) is 2.01. The van der Waals surface area contributed by atoms with Gasteiger partial charge in [-0.15, -0.1) is 0 Å². The Morgan fingerprint density at radius 2 is 1.83 bits per heavy atom. The highest BCUT2D eigenvalue weighted by Gasteiger charge is 2.17. The lowest BCUT2D eigenvalue weighted by atomic mass is 10.1. The minimum Gasteiger partial charge on any atom is -0.322 e. The molecule has 1 N–H and O–H groups in total. The van der Waals surface area contributed by atoms with E-state index in [2.05, 4.69) is 27.2 Å². The Kier molecular flexibility index (Phi) is 5.68. The SMILES string of the molecule is CCc1c(C(=O)Nc2cccc(C#Cc3ccccn3)c2)cnn1-c1ccccc1. The Labute approximate surface area is 175 Å². The molecule has 0 radical (unpaired) electrons. The van der Waals surface area contributed by atoms with Gasteiger partial charge in [-0.3, -0.25) is 4.79 Å². The Morgan fingerprint density at radius 3 is 2.60 bits per heavy atom. The lowest BCUT2D eigenvalue weighted by molar-refractivity contribution is 0.102. The lowest BCUT2D eigenvalue weighted by Gasteiger charge is -2.09. The number of pyridine rings is 1. The van der Waals surface area contributed by atoms with E-state index >= 15 is 0 Å². The number of carbonyl (C=O) groups excluding carboxylic acids is 1. The van der Waals surface area contributed by atoms with Crippen molar-refractivity contribution in [3.63, 3.8) is 0 Å². The minimum atomic E-state index is -0.191. The minimum absolute atomic E-state index is 0.191. The van der Waals surface area contributed by atoms with E-state index in [1.807, 2.05) is 84.4 Å². The maximum Gasteiger partial charge on any atom is 0.259 e. The molecule has 0 aliphatic carbocycles. The molecule has 30 heavy (non-hydrogen) atoms. The number of para-hydroxylation sites is 1. The Morgan fingerprint density at radius 1 is 1.00 bits per heavy atom. The maximum absolute atomic E-state index is 12.9. The second-order valence-corrected chi connectivity index (χ2v) is 6.61. The molecule has 0 saturated heterocycles. The Hall–Kier alpha value is -4.17. The first-order valence-electron chi connectivity index (χ1n) is 9.71. The Balaban J connectivity index is 1.55. The zero-order valence-electron chi connectivity index (χ0n) is 16.5. The first kappa shape index (κ1) is 19.2. The van der Waals surface area contributed by atoms with Gasteiger partial charge in [0.1, 0.15) is 5.69 Å². The number of carbonyl (C=O) groups is 1. The van der Waals surface area contributed by atoms with Gasteiger partial charge in [0.15, 0.2) is 0 Å². The highest BCUT2D eigenvalue weighted by atomic mass is 16.1. The molecule has 0 unspecified atom stereocenters. The summed E-state index contributed by atoms with van der Waals surface area (Å²) in [6, 6.07) is 22.9. The van der Waals surface area contributed by atoms with Crippen LogP contribution < -0.4 is 5.32 Å². The molecule has 1 amide bonds. The molecule has 0 atom stereocenters. The van der Waals surface area contributed by atoms with Crippen LogP contribution in [0.2, 0.25) is 0 Å². The number of nitrogens with one attached hydrogen (secondary N) is 1. The Bertz CT molecular complexity index is 1220. The third-order valence-electron chi connectivity index (χ3n) is 4.57. The first-order valence-corrected chi connectivity index (χ1v) is 9.71. The van der Waals surface area contributed by atoms with Crippen LogP contribution in [0.25, 0.3) is 5.69 Å². The van der Waals surface area contributed by atoms with Crippen LogP contribution in [0.1, 0.15) is 34.2 Å². The van der Waals surface area contributed by atoms with Gasteiger partial charge in [0, 0.05) is 17.4 Å². The molecule has 0 aliphatic rings.